The molecule has 2 heteroatoms. The third-order valence-electron chi connectivity index (χ3n) is 4.84. The Morgan fingerprint density at radius 2 is 1.75 bits per heavy atom. The standard InChI is InChI=1S/C18H29NO/c1-17(2)9-10-18(3,12-16(19)11-17)15-7-5-14(6-8-15)13-20-4/h5-8,16H,9-13,19H2,1-4H3. The Labute approximate surface area is 123 Å². The summed E-state index contributed by atoms with van der Waals surface area (Å²) in [5.41, 5.74) is 9.61. The Kier molecular flexibility index (Phi) is 4.55. The Hall–Kier alpha value is -0.860. The fourth-order valence-electron chi connectivity index (χ4n) is 3.61. The quantitative estimate of drug-likeness (QED) is 0.846. The van der Waals surface area contributed by atoms with Gasteiger partial charge in [0.05, 0.1) is 6.61 Å². The van der Waals surface area contributed by atoms with Crippen LogP contribution >= 0.6 is 0 Å². The monoisotopic (exact) mass is 275 g/mol. The van der Waals surface area contributed by atoms with Crippen molar-refractivity contribution in [3.63, 3.8) is 0 Å². The summed E-state index contributed by atoms with van der Waals surface area (Å²) >= 11 is 0. The van der Waals surface area contributed by atoms with Crippen LogP contribution in [0.25, 0.3) is 0 Å². The molecule has 0 saturated heterocycles. The maximum atomic E-state index is 6.38. The minimum atomic E-state index is 0.207. The van der Waals surface area contributed by atoms with Gasteiger partial charge in [0.1, 0.15) is 0 Å². The van der Waals surface area contributed by atoms with Crippen LogP contribution in [0, 0.1) is 5.41 Å². The highest BCUT2D eigenvalue weighted by atomic mass is 16.5. The number of benzene rings is 1. The van der Waals surface area contributed by atoms with Crippen molar-refractivity contribution >= 4 is 0 Å². The van der Waals surface area contributed by atoms with Crippen molar-refractivity contribution < 1.29 is 4.74 Å². The minimum Gasteiger partial charge on any atom is -0.380 e. The molecule has 0 bridgehead atoms. The van der Waals surface area contributed by atoms with E-state index in [2.05, 4.69) is 45.0 Å². The molecule has 0 radical (unpaired) electrons. The van der Waals surface area contributed by atoms with Gasteiger partial charge in [-0.2, -0.15) is 0 Å². The van der Waals surface area contributed by atoms with Crippen molar-refractivity contribution in [1.29, 1.82) is 0 Å². The van der Waals surface area contributed by atoms with Crippen LogP contribution < -0.4 is 5.73 Å². The van der Waals surface area contributed by atoms with E-state index in [1.54, 1.807) is 7.11 Å². The Morgan fingerprint density at radius 1 is 1.10 bits per heavy atom. The molecule has 2 rings (SSSR count). The van der Waals surface area contributed by atoms with E-state index in [0.29, 0.717) is 18.1 Å². The van der Waals surface area contributed by atoms with E-state index >= 15 is 0 Å². The molecule has 0 amide bonds. The van der Waals surface area contributed by atoms with Gasteiger partial charge in [-0.1, -0.05) is 45.0 Å². The zero-order chi connectivity index (χ0) is 14.8. The molecule has 2 N–H and O–H groups in total. The van der Waals surface area contributed by atoms with Crippen molar-refractivity contribution in [3.8, 4) is 0 Å². The maximum Gasteiger partial charge on any atom is 0.0713 e. The first kappa shape index (κ1) is 15.5. The van der Waals surface area contributed by atoms with E-state index in [1.807, 2.05) is 0 Å². The molecule has 0 spiro atoms. The normalized spacial score (nSPS) is 29.9. The van der Waals surface area contributed by atoms with Gasteiger partial charge in [0.25, 0.3) is 0 Å². The summed E-state index contributed by atoms with van der Waals surface area (Å²) in [6.07, 6.45) is 4.68. The highest BCUT2D eigenvalue weighted by Crippen LogP contribution is 2.43. The van der Waals surface area contributed by atoms with Crippen LogP contribution in [-0.4, -0.2) is 13.2 Å². The molecule has 112 valence electrons. The lowest BCUT2D eigenvalue weighted by Crippen LogP contribution is -2.31. The molecule has 0 aliphatic heterocycles. The zero-order valence-electron chi connectivity index (χ0n) is 13.4. The number of rotatable bonds is 3. The first-order valence-electron chi connectivity index (χ1n) is 7.69. The first-order chi connectivity index (χ1) is 9.35. The number of hydrogen-bond donors (Lipinski definition) is 1. The molecular weight excluding hydrogens is 246 g/mol. The van der Waals surface area contributed by atoms with Crippen LogP contribution in [0.15, 0.2) is 24.3 Å². The lowest BCUT2D eigenvalue weighted by molar-refractivity contribution is 0.185. The van der Waals surface area contributed by atoms with Crippen LogP contribution in [0.1, 0.15) is 57.6 Å². The Bertz CT molecular complexity index is 437. The number of hydrogen-bond acceptors (Lipinski definition) is 2. The van der Waals surface area contributed by atoms with E-state index in [9.17, 15) is 0 Å². The summed E-state index contributed by atoms with van der Waals surface area (Å²) in [5, 5.41) is 0. The molecule has 1 aliphatic carbocycles. The average Bonchev–Trinajstić information content (AvgIpc) is 2.47. The van der Waals surface area contributed by atoms with Crippen molar-refractivity contribution in [1.82, 2.24) is 0 Å². The van der Waals surface area contributed by atoms with Crippen LogP contribution in [0.2, 0.25) is 0 Å². The van der Waals surface area contributed by atoms with Crippen molar-refractivity contribution in [3.05, 3.63) is 35.4 Å². The van der Waals surface area contributed by atoms with Gasteiger partial charge >= 0.3 is 0 Å². The number of nitrogens with two attached hydrogens (primary N) is 1. The van der Waals surface area contributed by atoms with Gasteiger partial charge in [-0.05, 0) is 47.6 Å². The van der Waals surface area contributed by atoms with Gasteiger partial charge < -0.3 is 10.5 Å². The molecule has 20 heavy (non-hydrogen) atoms. The Morgan fingerprint density at radius 3 is 2.35 bits per heavy atom. The van der Waals surface area contributed by atoms with Crippen LogP contribution in [-0.2, 0) is 16.8 Å². The number of methoxy groups -OCH3 is 1. The summed E-state index contributed by atoms with van der Waals surface area (Å²) in [6.45, 7) is 7.75. The van der Waals surface area contributed by atoms with Gasteiger partial charge in [-0.15, -0.1) is 0 Å². The third-order valence-corrected chi connectivity index (χ3v) is 4.84. The van der Waals surface area contributed by atoms with E-state index in [-0.39, 0.29) is 5.41 Å². The summed E-state index contributed by atoms with van der Waals surface area (Å²) in [4.78, 5) is 0. The van der Waals surface area contributed by atoms with E-state index < -0.39 is 0 Å². The molecule has 0 heterocycles. The Balaban J connectivity index is 2.20. The molecule has 1 aromatic rings. The molecule has 1 aliphatic rings. The SMILES string of the molecule is COCc1ccc(C2(C)CCC(C)(C)CC(N)C2)cc1. The summed E-state index contributed by atoms with van der Waals surface area (Å²) in [6, 6.07) is 9.20. The lowest BCUT2D eigenvalue weighted by atomic mass is 9.74. The van der Waals surface area contributed by atoms with E-state index in [1.165, 1.54) is 24.0 Å². The topological polar surface area (TPSA) is 35.2 Å². The summed E-state index contributed by atoms with van der Waals surface area (Å²) in [7, 11) is 1.74. The summed E-state index contributed by atoms with van der Waals surface area (Å²) in [5.74, 6) is 0. The summed E-state index contributed by atoms with van der Waals surface area (Å²) < 4.78 is 5.18. The molecule has 0 aromatic heterocycles. The predicted molar refractivity (Wildman–Crippen MR) is 84.7 cm³/mol. The highest BCUT2D eigenvalue weighted by Gasteiger charge is 2.36. The largest absolute Gasteiger partial charge is 0.380 e. The predicted octanol–water partition coefficient (Wildman–Crippen LogP) is 4.02. The second-order valence-electron chi connectivity index (χ2n) is 7.52. The van der Waals surface area contributed by atoms with Gasteiger partial charge in [-0.3, -0.25) is 0 Å². The average molecular weight is 275 g/mol. The third kappa shape index (κ3) is 3.62. The molecule has 1 fully saturated rings. The van der Waals surface area contributed by atoms with Gasteiger partial charge in [0.15, 0.2) is 0 Å². The molecule has 2 unspecified atom stereocenters. The fraction of sp³-hybridized carbons (Fsp3) is 0.667. The van der Waals surface area contributed by atoms with Crippen molar-refractivity contribution in [2.45, 2.75) is 64.5 Å². The second-order valence-corrected chi connectivity index (χ2v) is 7.52. The van der Waals surface area contributed by atoms with Gasteiger partial charge in [0.2, 0.25) is 0 Å². The van der Waals surface area contributed by atoms with Crippen LogP contribution in [0.4, 0.5) is 0 Å². The van der Waals surface area contributed by atoms with E-state index in [0.717, 1.165) is 12.8 Å². The second kappa shape index (κ2) is 5.87. The number of ether oxygens (including phenoxy) is 1. The maximum absolute atomic E-state index is 6.38. The van der Waals surface area contributed by atoms with Crippen molar-refractivity contribution in [2.75, 3.05) is 7.11 Å². The van der Waals surface area contributed by atoms with Gasteiger partial charge in [0, 0.05) is 13.2 Å². The van der Waals surface area contributed by atoms with Crippen molar-refractivity contribution in [2.24, 2.45) is 11.1 Å². The molecular formula is C18H29NO. The minimum absolute atomic E-state index is 0.207. The smallest absolute Gasteiger partial charge is 0.0713 e. The molecule has 1 aromatic carbocycles. The van der Waals surface area contributed by atoms with Crippen LogP contribution in [0.5, 0.6) is 0 Å². The van der Waals surface area contributed by atoms with E-state index in [4.69, 9.17) is 10.5 Å². The lowest BCUT2D eigenvalue weighted by Gasteiger charge is -2.31. The first-order valence-corrected chi connectivity index (χ1v) is 7.69. The van der Waals surface area contributed by atoms with Crippen LogP contribution in [0.3, 0.4) is 0 Å². The fourth-order valence-corrected chi connectivity index (χ4v) is 3.61. The molecule has 1 saturated carbocycles. The highest BCUT2D eigenvalue weighted by molar-refractivity contribution is 5.29. The van der Waals surface area contributed by atoms with Gasteiger partial charge in [-0.25, -0.2) is 0 Å². The zero-order valence-corrected chi connectivity index (χ0v) is 13.4. The molecule has 2 atom stereocenters. The molecule has 2 nitrogen and oxygen atoms in total.